The number of carboxylic acids is 1. The molecule has 0 aromatic rings. The van der Waals surface area contributed by atoms with Crippen LogP contribution in [0.3, 0.4) is 0 Å². The smallest absolute Gasteiger partial charge is 0.333 e. The Hall–Kier alpha value is -1.40. The summed E-state index contributed by atoms with van der Waals surface area (Å²) in [6, 6.07) is 0. The number of methoxy groups -OCH3 is 1. The minimum Gasteiger partial charge on any atom is -0.481 e. The van der Waals surface area contributed by atoms with Crippen molar-refractivity contribution in [2.75, 3.05) is 13.7 Å². The number of carbonyl (C=O) groups excluding carboxylic acids is 1. The molecule has 0 saturated heterocycles. The van der Waals surface area contributed by atoms with Crippen molar-refractivity contribution in [1.82, 2.24) is 0 Å². The van der Waals surface area contributed by atoms with E-state index >= 15 is 0 Å². The van der Waals surface area contributed by atoms with Crippen molar-refractivity contribution in [3.63, 3.8) is 0 Å². The average molecular weight is 220 g/mol. The molecule has 1 atom stereocenters. The van der Waals surface area contributed by atoms with E-state index in [1.807, 2.05) is 0 Å². The molecule has 0 radical (unpaired) electrons. The minimum absolute atomic E-state index is 0.0463. The van der Waals surface area contributed by atoms with Gasteiger partial charge in [-0.1, -0.05) is 6.58 Å². The van der Waals surface area contributed by atoms with E-state index in [1.54, 1.807) is 0 Å². The molecule has 0 amide bonds. The van der Waals surface area contributed by atoms with Crippen LogP contribution in [0, 0.1) is 0 Å². The van der Waals surface area contributed by atoms with Gasteiger partial charge in [0.1, 0.15) is 0 Å². The molecular weight excluding hydrogens is 204 g/mol. The predicted molar refractivity (Wildman–Crippen MR) is 52.2 cm³/mol. The van der Waals surface area contributed by atoms with Gasteiger partial charge in [-0.2, -0.15) is 0 Å². The van der Waals surface area contributed by atoms with E-state index in [-0.39, 0.29) is 18.6 Å². The Morgan fingerprint density at radius 2 is 1.87 bits per heavy atom. The van der Waals surface area contributed by atoms with Crippen LogP contribution >= 0.6 is 0 Å². The number of aliphatic hydroxyl groups excluding tert-OH is 2. The molecule has 0 saturated carbocycles. The number of carbonyl (C=O) groups is 2. The Morgan fingerprint density at radius 1 is 1.47 bits per heavy atom. The molecule has 0 spiro atoms. The van der Waals surface area contributed by atoms with Crippen LogP contribution in [-0.4, -0.2) is 47.1 Å². The van der Waals surface area contributed by atoms with Gasteiger partial charge in [0.15, 0.2) is 0 Å². The molecule has 0 bridgehead atoms. The zero-order chi connectivity index (χ0) is 12.4. The summed E-state index contributed by atoms with van der Waals surface area (Å²) in [6.45, 7) is 4.60. The third kappa shape index (κ3) is 12.6. The van der Waals surface area contributed by atoms with Crippen LogP contribution in [-0.2, 0) is 14.3 Å². The summed E-state index contributed by atoms with van der Waals surface area (Å²) in [4.78, 5) is 20.4. The van der Waals surface area contributed by atoms with Crippen molar-refractivity contribution in [2.45, 2.75) is 19.4 Å². The first-order valence-electron chi connectivity index (χ1n) is 4.11. The molecule has 0 aromatic carbocycles. The van der Waals surface area contributed by atoms with Gasteiger partial charge >= 0.3 is 11.9 Å². The average Bonchev–Trinajstić information content (AvgIpc) is 2.16. The monoisotopic (exact) mass is 220 g/mol. The predicted octanol–water partition coefficient (Wildman–Crippen LogP) is -0.450. The molecule has 15 heavy (non-hydrogen) atoms. The van der Waals surface area contributed by atoms with Gasteiger partial charge in [-0.05, 0) is 6.92 Å². The highest BCUT2D eigenvalue weighted by Gasteiger charge is 2.09. The summed E-state index contributed by atoms with van der Waals surface area (Å²) in [7, 11) is 1.18. The first-order valence-corrected chi connectivity index (χ1v) is 4.11. The molecule has 0 aromatic heterocycles. The van der Waals surface area contributed by atoms with Crippen LogP contribution in [0.5, 0.6) is 0 Å². The number of carboxylic acid groups (broad SMARTS) is 1. The topological polar surface area (TPSA) is 104 Å². The summed E-state index contributed by atoms with van der Waals surface area (Å²) in [5.74, 6) is -1.77. The van der Waals surface area contributed by atoms with E-state index in [0.717, 1.165) is 0 Å². The van der Waals surface area contributed by atoms with Crippen LogP contribution in [0.2, 0.25) is 0 Å². The molecule has 0 rings (SSSR count). The Bertz CT molecular complexity index is 221. The second-order valence-corrected chi connectivity index (χ2v) is 2.70. The van der Waals surface area contributed by atoms with Gasteiger partial charge in [0.25, 0.3) is 0 Å². The maximum Gasteiger partial charge on any atom is 0.333 e. The van der Waals surface area contributed by atoms with Gasteiger partial charge in [-0.3, -0.25) is 4.79 Å². The zero-order valence-electron chi connectivity index (χ0n) is 8.77. The van der Waals surface area contributed by atoms with E-state index in [1.165, 1.54) is 14.0 Å². The SMILES string of the molecule is C=C(CC(=O)O)C(=O)OC.CC(O)CO. The Balaban J connectivity index is 0. The lowest BCUT2D eigenvalue weighted by Crippen LogP contribution is -2.07. The lowest BCUT2D eigenvalue weighted by atomic mass is 10.2. The van der Waals surface area contributed by atoms with Gasteiger partial charge in [0.05, 0.1) is 26.2 Å². The third-order valence-electron chi connectivity index (χ3n) is 1.10. The normalized spacial score (nSPS) is 10.7. The van der Waals surface area contributed by atoms with Crippen molar-refractivity contribution in [2.24, 2.45) is 0 Å². The quantitative estimate of drug-likeness (QED) is 0.438. The van der Waals surface area contributed by atoms with Crippen LogP contribution in [0.15, 0.2) is 12.2 Å². The zero-order valence-corrected chi connectivity index (χ0v) is 8.77. The van der Waals surface area contributed by atoms with E-state index in [9.17, 15) is 9.59 Å². The highest BCUT2D eigenvalue weighted by atomic mass is 16.5. The third-order valence-corrected chi connectivity index (χ3v) is 1.10. The van der Waals surface area contributed by atoms with Crippen LogP contribution in [0.25, 0.3) is 0 Å². The largest absolute Gasteiger partial charge is 0.481 e. The molecule has 1 unspecified atom stereocenters. The number of ether oxygens (including phenoxy) is 1. The van der Waals surface area contributed by atoms with Gasteiger partial charge in [0, 0.05) is 5.57 Å². The number of esters is 1. The lowest BCUT2D eigenvalue weighted by molar-refractivity contribution is -0.141. The molecule has 0 fully saturated rings. The van der Waals surface area contributed by atoms with Gasteiger partial charge in [0.2, 0.25) is 0 Å². The maximum absolute atomic E-state index is 10.5. The molecule has 0 aliphatic rings. The van der Waals surface area contributed by atoms with Crippen LogP contribution in [0.1, 0.15) is 13.3 Å². The second kappa shape index (κ2) is 9.17. The number of aliphatic hydroxyl groups is 2. The van der Waals surface area contributed by atoms with E-state index in [2.05, 4.69) is 11.3 Å². The number of rotatable bonds is 4. The fourth-order valence-electron chi connectivity index (χ4n) is 0.399. The van der Waals surface area contributed by atoms with E-state index in [0.29, 0.717) is 0 Å². The minimum atomic E-state index is -1.09. The lowest BCUT2D eigenvalue weighted by Gasteiger charge is -1.97. The molecule has 6 nitrogen and oxygen atoms in total. The van der Waals surface area contributed by atoms with E-state index in [4.69, 9.17) is 15.3 Å². The van der Waals surface area contributed by atoms with Crippen LogP contribution in [0.4, 0.5) is 0 Å². The van der Waals surface area contributed by atoms with Crippen molar-refractivity contribution < 1.29 is 29.6 Å². The standard InChI is InChI=1S/C6H8O4.C3H8O2/c1-4(3-5(7)8)6(9)10-2;1-3(5)2-4/h1,3H2,2H3,(H,7,8);3-5H,2H2,1H3. The Kier molecular flexibility index (Phi) is 9.81. The van der Waals surface area contributed by atoms with Crippen molar-refractivity contribution in [3.05, 3.63) is 12.2 Å². The highest BCUT2D eigenvalue weighted by Crippen LogP contribution is 1.98. The number of hydrogen-bond acceptors (Lipinski definition) is 5. The summed E-state index contributed by atoms with van der Waals surface area (Å²) in [5, 5.41) is 24.2. The summed E-state index contributed by atoms with van der Waals surface area (Å²) in [5.41, 5.74) is -0.0463. The molecule has 3 N–H and O–H groups in total. The van der Waals surface area contributed by atoms with Gasteiger partial charge in [-0.25, -0.2) is 4.79 Å². The van der Waals surface area contributed by atoms with Crippen molar-refractivity contribution in [1.29, 1.82) is 0 Å². The van der Waals surface area contributed by atoms with Gasteiger partial charge < -0.3 is 20.1 Å². The van der Waals surface area contributed by atoms with Crippen molar-refractivity contribution >= 4 is 11.9 Å². The highest BCUT2D eigenvalue weighted by molar-refractivity contribution is 5.92. The molecule has 88 valence electrons. The Morgan fingerprint density at radius 3 is 2.07 bits per heavy atom. The summed E-state index contributed by atoms with van der Waals surface area (Å²) in [6.07, 6.45) is -0.929. The summed E-state index contributed by atoms with van der Waals surface area (Å²) >= 11 is 0. The van der Waals surface area contributed by atoms with Crippen molar-refractivity contribution in [3.8, 4) is 0 Å². The number of aliphatic carboxylic acids is 1. The summed E-state index contributed by atoms with van der Waals surface area (Å²) < 4.78 is 4.21. The first-order chi connectivity index (χ1) is 6.84. The van der Waals surface area contributed by atoms with E-state index < -0.39 is 18.0 Å². The molecular formula is C9H16O6. The van der Waals surface area contributed by atoms with Crippen LogP contribution < -0.4 is 0 Å². The fraction of sp³-hybridized carbons (Fsp3) is 0.556. The Labute approximate surface area is 87.8 Å². The first kappa shape index (κ1) is 16.0. The molecule has 0 heterocycles. The number of hydrogen-bond donors (Lipinski definition) is 3. The molecule has 0 aliphatic heterocycles. The molecule has 0 aliphatic carbocycles. The van der Waals surface area contributed by atoms with Gasteiger partial charge in [-0.15, -0.1) is 0 Å². The second-order valence-electron chi connectivity index (χ2n) is 2.70. The molecule has 6 heteroatoms. The maximum atomic E-state index is 10.5. The fourth-order valence-corrected chi connectivity index (χ4v) is 0.399.